The highest BCUT2D eigenvalue weighted by molar-refractivity contribution is 7.89. The Morgan fingerprint density at radius 2 is 2.20 bits per heavy atom. The fourth-order valence-corrected chi connectivity index (χ4v) is 3.31. The third-order valence-corrected chi connectivity index (χ3v) is 4.28. The van der Waals surface area contributed by atoms with E-state index in [9.17, 15) is 8.42 Å². The molecule has 0 bridgehead atoms. The van der Waals surface area contributed by atoms with E-state index in [4.69, 9.17) is 0 Å². The van der Waals surface area contributed by atoms with Gasteiger partial charge in [-0.15, -0.1) is 0 Å². The van der Waals surface area contributed by atoms with Crippen LogP contribution in [0.3, 0.4) is 0 Å². The molecule has 15 heavy (non-hydrogen) atoms. The second-order valence-electron chi connectivity index (χ2n) is 4.65. The summed E-state index contributed by atoms with van der Waals surface area (Å²) in [6, 6.07) is 0.506. The van der Waals surface area contributed by atoms with Crippen LogP contribution < -0.4 is 10.0 Å². The van der Waals surface area contributed by atoms with Gasteiger partial charge in [0.25, 0.3) is 0 Å². The molecule has 1 aliphatic rings. The monoisotopic (exact) mass is 234 g/mol. The fourth-order valence-electron chi connectivity index (χ4n) is 1.89. The number of hydrogen-bond donors (Lipinski definition) is 2. The molecule has 4 nitrogen and oxygen atoms in total. The van der Waals surface area contributed by atoms with E-state index < -0.39 is 10.0 Å². The van der Waals surface area contributed by atoms with Crippen molar-refractivity contribution in [3.05, 3.63) is 0 Å². The van der Waals surface area contributed by atoms with Gasteiger partial charge in [0.15, 0.2) is 0 Å². The molecule has 0 aliphatic carbocycles. The number of nitrogens with one attached hydrogen (secondary N) is 2. The molecule has 0 aromatic rings. The molecule has 0 amide bonds. The summed E-state index contributed by atoms with van der Waals surface area (Å²) in [5.74, 6) is 0.414. The van der Waals surface area contributed by atoms with Crippen LogP contribution in [0.25, 0.3) is 0 Å². The summed E-state index contributed by atoms with van der Waals surface area (Å²) in [5, 5.41) is 3.35. The Kier molecular flexibility index (Phi) is 5.02. The lowest BCUT2D eigenvalue weighted by atomic mass is 10.2. The predicted octanol–water partition coefficient (Wildman–Crippen LogP) is 0.704. The van der Waals surface area contributed by atoms with Crippen molar-refractivity contribution in [1.82, 2.24) is 10.0 Å². The predicted molar refractivity (Wildman–Crippen MR) is 62.3 cm³/mol. The van der Waals surface area contributed by atoms with Gasteiger partial charge in [-0.1, -0.05) is 13.8 Å². The van der Waals surface area contributed by atoms with Crippen molar-refractivity contribution in [1.29, 1.82) is 0 Å². The maximum Gasteiger partial charge on any atom is 0.211 e. The zero-order valence-electron chi connectivity index (χ0n) is 9.62. The standard InChI is InChI=1S/C10H22N2O2S/c1-9(2)8-15(13,14)12-7-5-10-4-3-6-11-10/h9-12H,3-8H2,1-2H3. The molecule has 0 saturated carbocycles. The molecule has 0 aromatic heterocycles. The highest BCUT2D eigenvalue weighted by Gasteiger charge is 2.16. The van der Waals surface area contributed by atoms with Crippen LogP contribution in [-0.2, 0) is 10.0 Å². The smallest absolute Gasteiger partial charge is 0.211 e. The van der Waals surface area contributed by atoms with Crippen LogP contribution in [0.4, 0.5) is 0 Å². The Morgan fingerprint density at radius 1 is 1.47 bits per heavy atom. The average molecular weight is 234 g/mol. The van der Waals surface area contributed by atoms with Crippen LogP contribution in [0.1, 0.15) is 33.1 Å². The van der Waals surface area contributed by atoms with E-state index in [0.717, 1.165) is 13.0 Å². The van der Waals surface area contributed by atoms with Gasteiger partial charge in [0.2, 0.25) is 10.0 Å². The minimum absolute atomic E-state index is 0.187. The molecule has 1 aliphatic heterocycles. The number of sulfonamides is 1. The van der Waals surface area contributed by atoms with E-state index in [1.54, 1.807) is 0 Å². The second kappa shape index (κ2) is 5.82. The van der Waals surface area contributed by atoms with Crippen LogP contribution in [0.15, 0.2) is 0 Å². The van der Waals surface area contributed by atoms with Gasteiger partial charge >= 0.3 is 0 Å². The first kappa shape index (κ1) is 12.9. The Bertz CT molecular complexity index is 269. The molecular formula is C10H22N2O2S. The first-order valence-electron chi connectivity index (χ1n) is 5.70. The first-order valence-corrected chi connectivity index (χ1v) is 7.35. The van der Waals surface area contributed by atoms with Gasteiger partial charge in [-0.05, 0) is 31.7 Å². The maximum absolute atomic E-state index is 11.5. The third-order valence-electron chi connectivity index (χ3n) is 2.53. The topological polar surface area (TPSA) is 58.2 Å². The minimum Gasteiger partial charge on any atom is -0.314 e. The molecule has 1 fully saturated rings. The van der Waals surface area contributed by atoms with Crippen LogP contribution in [0.2, 0.25) is 0 Å². The Hall–Kier alpha value is -0.130. The molecule has 0 aromatic carbocycles. The second-order valence-corrected chi connectivity index (χ2v) is 6.50. The Labute approximate surface area is 92.9 Å². The molecule has 1 saturated heterocycles. The van der Waals surface area contributed by atoms with Gasteiger partial charge in [0.1, 0.15) is 0 Å². The lowest BCUT2D eigenvalue weighted by Gasteiger charge is -2.12. The largest absolute Gasteiger partial charge is 0.314 e. The Morgan fingerprint density at radius 3 is 2.73 bits per heavy atom. The molecule has 1 unspecified atom stereocenters. The highest BCUT2D eigenvalue weighted by atomic mass is 32.2. The van der Waals surface area contributed by atoms with Crippen molar-refractivity contribution < 1.29 is 8.42 Å². The van der Waals surface area contributed by atoms with Gasteiger partial charge in [-0.25, -0.2) is 13.1 Å². The highest BCUT2D eigenvalue weighted by Crippen LogP contribution is 2.08. The summed E-state index contributed by atoms with van der Waals surface area (Å²) >= 11 is 0. The summed E-state index contributed by atoms with van der Waals surface area (Å²) in [6.07, 6.45) is 3.28. The normalized spacial score (nSPS) is 22.5. The molecule has 0 spiro atoms. The molecule has 1 rings (SSSR count). The maximum atomic E-state index is 11.5. The average Bonchev–Trinajstić information content (AvgIpc) is 2.53. The van der Waals surface area contributed by atoms with Crippen molar-refractivity contribution in [3.8, 4) is 0 Å². The molecular weight excluding hydrogens is 212 g/mol. The SMILES string of the molecule is CC(C)CS(=O)(=O)NCCC1CCCN1. The van der Waals surface area contributed by atoms with Crippen LogP contribution in [0, 0.1) is 5.92 Å². The molecule has 5 heteroatoms. The van der Waals surface area contributed by atoms with Gasteiger partial charge in [-0.3, -0.25) is 0 Å². The van der Waals surface area contributed by atoms with Crippen LogP contribution in [-0.4, -0.2) is 33.3 Å². The zero-order valence-corrected chi connectivity index (χ0v) is 10.4. The van der Waals surface area contributed by atoms with E-state index in [1.807, 2.05) is 13.8 Å². The number of hydrogen-bond acceptors (Lipinski definition) is 3. The van der Waals surface area contributed by atoms with Crippen molar-refractivity contribution in [3.63, 3.8) is 0 Å². The van der Waals surface area contributed by atoms with Crippen LogP contribution in [0.5, 0.6) is 0 Å². The summed E-state index contributed by atoms with van der Waals surface area (Å²) in [6.45, 7) is 5.46. The summed E-state index contributed by atoms with van der Waals surface area (Å²) in [4.78, 5) is 0. The lowest BCUT2D eigenvalue weighted by Crippen LogP contribution is -2.33. The summed E-state index contributed by atoms with van der Waals surface area (Å²) < 4.78 is 25.6. The molecule has 90 valence electrons. The summed E-state index contributed by atoms with van der Waals surface area (Å²) in [7, 11) is -3.05. The van der Waals surface area contributed by atoms with Gasteiger partial charge in [0.05, 0.1) is 5.75 Å². The first-order chi connectivity index (χ1) is 6.99. The Balaban J connectivity index is 2.18. The van der Waals surface area contributed by atoms with E-state index in [1.165, 1.54) is 12.8 Å². The van der Waals surface area contributed by atoms with Crippen LogP contribution >= 0.6 is 0 Å². The van der Waals surface area contributed by atoms with Crippen molar-refractivity contribution in [2.24, 2.45) is 5.92 Å². The van der Waals surface area contributed by atoms with E-state index in [0.29, 0.717) is 12.6 Å². The fraction of sp³-hybridized carbons (Fsp3) is 1.00. The third kappa shape index (κ3) is 5.49. The van der Waals surface area contributed by atoms with Gasteiger partial charge in [-0.2, -0.15) is 0 Å². The van der Waals surface area contributed by atoms with Crippen molar-refractivity contribution in [2.45, 2.75) is 39.2 Å². The van der Waals surface area contributed by atoms with Crippen molar-refractivity contribution >= 4 is 10.0 Å². The lowest BCUT2D eigenvalue weighted by molar-refractivity contribution is 0.535. The van der Waals surface area contributed by atoms with E-state index in [2.05, 4.69) is 10.0 Å². The van der Waals surface area contributed by atoms with E-state index in [-0.39, 0.29) is 11.7 Å². The summed E-state index contributed by atoms with van der Waals surface area (Å²) in [5.41, 5.74) is 0. The zero-order chi connectivity index (χ0) is 11.3. The number of rotatable bonds is 6. The molecule has 1 atom stereocenters. The molecule has 1 heterocycles. The molecule has 2 N–H and O–H groups in total. The van der Waals surface area contributed by atoms with Crippen molar-refractivity contribution in [2.75, 3.05) is 18.8 Å². The van der Waals surface area contributed by atoms with Gasteiger partial charge < -0.3 is 5.32 Å². The van der Waals surface area contributed by atoms with Gasteiger partial charge in [0, 0.05) is 12.6 Å². The minimum atomic E-state index is -3.05. The quantitative estimate of drug-likeness (QED) is 0.711. The van der Waals surface area contributed by atoms with E-state index >= 15 is 0 Å². The molecule has 0 radical (unpaired) electrons.